The summed E-state index contributed by atoms with van der Waals surface area (Å²) in [6, 6.07) is 51.6. The molecule has 0 spiro atoms. The summed E-state index contributed by atoms with van der Waals surface area (Å²) < 4.78 is 0. The minimum Gasteiger partial charge on any atom is -0.310 e. The van der Waals surface area contributed by atoms with E-state index < -0.39 is 0 Å². The van der Waals surface area contributed by atoms with Crippen molar-refractivity contribution in [2.75, 3.05) is 10.3 Å². The van der Waals surface area contributed by atoms with Gasteiger partial charge in [0.15, 0.2) is 0 Å². The number of benzene rings is 7. The third-order valence-corrected chi connectivity index (χ3v) is 10.1. The maximum absolute atomic E-state index is 9.33. The molecule has 0 saturated heterocycles. The Hall–Kier alpha value is -6.26. The van der Waals surface area contributed by atoms with Gasteiger partial charge in [-0.15, -0.1) is 0 Å². The zero-order chi connectivity index (χ0) is 33.1. The molecule has 0 fully saturated rings. The number of hydrogen-bond acceptors (Lipinski definition) is 4. The molecular weight excluding hydrogens is 597 g/mol. The van der Waals surface area contributed by atoms with E-state index in [0.29, 0.717) is 11.4 Å². The fourth-order valence-electron chi connectivity index (χ4n) is 7.59. The predicted octanol–water partition coefficient (Wildman–Crippen LogP) is 11.6. The lowest BCUT2D eigenvalue weighted by Gasteiger charge is -2.29. The molecule has 0 unspecified atom stereocenters. The van der Waals surface area contributed by atoms with E-state index in [0.717, 1.165) is 44.6 Å². The van der Waals surface area contributed by atoms with E-state index in [-0.39, 0.29) is 5.41 Å². The van der Waals surface area contributed by atoms with E-state index in [2.05, 4.69) is 151 Å². The van der Waals surface area contributed by atoms with Crippen molar-refractivity contribution in [1.82, 2.24) is 0 Å². The highest BCUT2D eigenvalue weighted by Gasteiger charge is 2.35. The van der Waals surface area contributed by atoms with Gasteiger partial charge >= 0.3 is 0 Å². The van der Waals surface area contributed by atoms with Crippen LogP contribution in [0.3, 0.4) is 0 Å². The van der Waals surface area contributed by atoms with Crippen molar-refractivity contribution < 1.29 is 0 Å². The zero-order valence-electron chi connectivity index (χ0n) is 27.4. The van der Waals surface area contributed by atoms with Gasteiger partial charge in [-0.05, 0) is 104 Å². The first-order valence-corrected chi connectivity index (χ1v) is 16.7. The van der Waals surface area contributed by atoms with Gasteiger partial charge < -0.3 is 4.90 Å². The fraction of sp³-hybridized carbons (Fsp3) is 0.0667. The standard InChI is InChI=1S/C45H34N4/c1-45(2)40-15-9-8-14-37(40)38-24-23-36(28-41(38)45)49(34-21-18-29-10-6-7-11-32(29)26-34)35-22-19-30-16-17-31-20-25-42(44(46)43(31)39(30)27-35)48-47-33-12-4-3-5-13-33/h3-28,46-47H,1-2H3/b46-44?,48-42-. The molecular formula is C45H34N4. The predicted molar refractivity (Wildman–Crippen MR) is 207 cm³/mol. The molecule has 2 N–H and O–H groups in total. The lowest BCUT2D eigenvalue weighted by molar-refractivity contribution is 0.660. The van der Waals surface area contributed by atoms with Crippen LogP contribution in [-0.4, -0.2) is 11.4 Å². The smallest absolute Gasteiger partial charge is 0.109 e. The molecule has 4 nitrogen and oxygen atoms in total. The Balaban J connectivity index is 1.21. The monoisotopic (exact) mass is 630 g/mol. The molecule has 234 valence electrons. The van der Waals surface area contributed by atoms with Crippen molar-refractivity contribution in [2.24, 2.45) is 5.10 Å². The van der Waals surface area contributed by atoms with Crippen LogP contribution in [0.4, 0.5) is 22.7 Å². The molecule has 0 heterocycles. The van der Waals surface area contributed by atoms with Gasteiger partial charge in [-0.1, -0.05) is 117 Å². The van der Waals surface area contributed by atoms with Crippen molar-refractivity contribution in [2.45, 2.75) is 19.3 Å². The third-order valence-electron chi connectivity index (χ3n) is 10.1. The molecule has 0 aromatic heterocycles. The molecule has 7 aromatic rings. The third kappa shape index (κ3) is 4.76. The number of fused-ring (bicyclic) bond motifs is 7. The van der Waals surface area contributed by atoms with E-state index in [1.165, 1.54) is 33.0 Å². The van der Waals surface area contributed by atoms with Gasteiger partial charge in [-0.3, -0.25) is 10.8 Å². The molecule has 2 aliphatic carbocycles. The summed E-state index contributed by atoms with van der Waals surface area (Å²) in [5, 5.41) is 18.5. The molecule has 2 aliphatic rings. The number of nitrogens with zero attached hydrogens (tertiary/aromatic N) is 2. The summed E-state index contributed by atoms with van der Waals surface area (Å²) in [7, 11) is 0. The van der Waals surface area contributed by atoms with Crippen LogP contribution >= 0.6 is 0 Å². The summed E-state index contributed by atoms with van der Waals surface area (Å²) >= 11 is 0. The number of para-hydroxylation sites is 1. The normalized spacial score (nSPS) is 14.9. The SMILES string of the molecule is CC1(C)c2ccccc2-c2ccc(N(c3ccc4ccccc4c3)c3ccc4ccc5c(c4c3)C(=N)/C(=N\Nc3ccccc3)C=C5)cc21. The van der Waals surface area contributed by atoms with Crippen molar-refractivity contribution in [3.05, 3.63) is 174 Å². The second-order valence-corrected chi connectivity index (χ2v) is 13.4. The number of anilines is 4. The Bertz CT molecular complexity index is 2520. The molecule has 0 atom stereocenters. The Kier molecular flexibility index (Phi) is 6.60. The molecule has 0 radical (unpaired) electrons. The Morgan fingerprint density at radius 1 is 0.571 bits per heavy atom. The van der Waals surface area contributed by atoms with Crippen molar-refractivity contribution in [3.8, 4) is 11.1 Å². The van der Waals surface area contributed by atoms with Gasteiger partial charge in [0.1, 0.15) is 5.71 Å². The minimum absolute atomic E-state index is 0.121. The van der Waals surface area contributed by atoms with Gasteiger partial charge in [-0.25, -0.2) is 0 Å². The van der Waals surface area contributed by atoms with Crippen LogP contribution in [0.25, 0.3) is 38.7 Å². The van der Waals surface area contributed by atoms with E-state index >= 15 is 0 Å². The minimum atomic E-state index is -0.121. The van der Waals surface area contributed by atoms with Gasteiger partial charge in [0.25, 0.3) is 0 Å². The van der Waals surface area contributed by atoms with Crippen molar-refractivity contribution in [3.63, 3.8) is 0 Å². The maximum atomic E-state index is 9.33. The van der Waals surface area contributed by atoms with Crippen LogP contribution in [0, 0.1) is 5.41 Å². The highest BCUT2D eigenvalue weighted by molar-refractivity contribution is 6.55. The number of hydrogen-bond donors (Lipinski definition) is 2. The first-order valence-electron chi connectivity index (χ1n) is 16.7. The number of nitrogens with one attached hydrogen (secondary N) is 2. The van der Waals surface area contributed by atoms with E-state index in [4.69, 9.17) is 0 Å². The fourth-order valence-corrected chi connectivity index (χ4v) is 7.59. The highest BCUT2D eigenvalue weighted by atomic mass is 15.3. The largest absolute Gasteiger partial charge is 0.310 e. The Labute approximate surface area is 286 Å². The number of allylic oxidation sites excluding steroid dienone is 1. The summed E-state index contributed by atoms with van der Waals surface area (Å²) in [4.78, 5) is 2.36. The van der Waals surface area contributed by atoms with Crippen molar-refractivity contribution in [1.29, 1.82) is 5.41 Å². The van der Waals surface area contributed by atoms with Gasteiger partial charge in [0.05, 0.1) is 11.4 Å². The summed E-state index contributed by atoms with van der Waals surface area (Å²) in [6.45, 7) is 4.66. The number of rotatable bonds is 5. The molecule has 0 aliphatic heterocycles. The van der Waals surface area contributed by atoms with Crippen LogP contribution in [-0.2, 0) is 5.41 Å². The second-order valence-electron chi connectivity index (χ2n) is 13.4. The summed E-state index contributed by atoms with van der Waals surface area (Å²) in [6.07, 6.45) is 3.98. The Morgan fingerprint density at radius 3 is 2.08 bits per heavy atom. The molecule has 7 aromatic carbocycles. The summed E-state index contributed by atoms with van der Waals surface area (Å²) in [5.41, 5.74) is 15.3. The van der Waals surface area contributed by atoms with Gasteiger partial charge in [-0.2, -0.15) is 5.10 Å². The van der Waals surface area contributed by atoms with Gasteiger partial charge in [0.2, 0.25) is 0 Å². The average molecular weight is 631 g/mol. The molecule has 4 heteroatoms. The molecule has 0 saturated carbocycles. The summed E-state index contributed by atoms with van der Waals surface area (Å²) in [5.74, 6) is 0. The van der Waals surface area contributed by atoms with Crippen LogP contribution in [0.1, 0.15) is 36.1 Å². The van der Waals surface area contributed by atoms with Crippen molar-refractivity contribution >= 4 is 61.8 Å². The lowest BCUT2D eigenvalue weighted by atomic mass is 9.82. The molecule has 0 bridgehead atoms. The van der Waals surface area contributed by atoms with E-state index in [9.17, 15) is 5.41 Å². The highest BCUT2D eigenvalue weighted by Crippen LogP contribution is 2.50. The van der Waals surface area contributed by atoms with Crippen LogP contribution in [0.2, 0.25) is 0 Å². The van der Waals surface area contributed by atoms with Crippen LogP contribution in [0.5, 0.6) is 0 Å². The second kappa shape index (κ2) is 11.2. The number of hydrazone groups is 1. The average Bonchev–Trinajstić information content (AvgIpc) is 3.37. The van der Waals surface area contributed by atoms with Gasteiger partial charge in [0, 0.05) is 28.0 Å². The topological polar surface area (TPSA) is 51.5 Å². The van der Waals surface area contributed by atoms with E-state index in [1.54, 1.807) is 0 Å². The van der Waals surface area contributed by atoms with Crippen LogP contribution < -0.4 is 10.3 Å². The molecule has 49 heavy (non-hydrogen) atoms. The first-order chi connectivity index (χ1) is 24.0. The van der Waals surface area contributed by atoms with E-state index in [1.807, 2.05) is 36.4 Å². The molecule has 9 rings (SSSR count). The lowest BCUT2D eigenvalue weighted by Crippen LogP contribution is -2.19. The first kappa shape index (κ1) is 28.9. The Morgan fingerprint density at radius 2 is 1.22 bits per heavy atom. The van der Waals surface area contributed by atoms with Crippen LogP contribution in [0.15, 0.2) is 157 Å². The quantitative estimate of drug-likeness (QED) is 0.186. The zero-order valence-corrected chi connectivity index (χ0v) is 27.4. The maximum Gasteiger partial charge on any atom is 0.109 e. The molecule has 0 amide bonds.